The molecule has 2 aromatic rings. The summed E-state index contributed by atoms with van der Waals surface area (Å²) in [5, 5.41) is 0. The number of benzene rings is 2. The fourth-order valence-electron chi connectivity index (χ4n) is 1.40. The lowest BCUT2D eigenvalue weighted by Crippen LogP contribution is -1.98. The van der Waals surface area contributed by atoms with Crippen molar-refractivity contribution >= 4 is 38.5 Å². The fourth-order valence-corrected chi connectivity index (χ4v) is 2.96. The van der Waals surface area contributed by atoms with Crippen molar-refractivity contribution in [1.82, 2.24) is 0 Å². The minimum atomic E-state index is -0.347. The first-order chi connectivity index (χ1) is 8.16. The van der Waals surface area contributed by atoms with E-state index in [1.54, 1.807) is 0 Å². The van der Waals surface area contributed by atoms with E-state index >= 15 is 0 Å². The predicted molar refractivity (Wildman–Crippen MR) is 77.6 cm³/mol. The minimum absolute atomic E-state index is 0.259. The highest BCUT2D eigenvalue weighted by molar-refractivity contribution is 14.1. The second-order valence-corrected chi connectivity index (χ2v) is 5.57. The number of ether oxygens (including phenoxy) is 1. The first kappa shape index (κ1) is 12.8. The van der Waals surface area contributed by atoms with E-state index < -0.39 is 0 Å². The summed E-state index contributed by atoms with van der Waals surface area (Å²) in [4.78, 5) is 0. The standard InChI is InChI=1S/C13H9BrFIO/c14-11-6-10(16)7-12(15)13(11)17-8-9-4-2-1-3-5-9/h1-7H,8H2. The molecule has 0 saturated heterocycles. The second kappa shape index (κ2) is 5.82. The van der Waals surface area contributed by atoms with E-state index in [0.29, 0.717) is 11.1 Å². The fraction of sp³-hybridized carbons (Fsp3) is 0.0769. The summed E-state index contributed by atoms with van der Waals surface area (Å²) < 4.78 is 20.6. The molecule has 0 aliphatic carbocycles. The molecule has 2 rings (SSSR count). The highest BCUT2D eigenvalue weighted by Crippen LogP contribution is 2.30. The van der Waals surface area contributed by atoms with E-state index in [0.717, 1.165) is 9.13 Å². The van der Waals surface area contributed by atoms with Crippen LogP contribution in [0.3, 0.4) is 0 Å². The molecule has 1 nitrogen and oxygen atoms in total. The SMILES string of the molecule is Fc1cc(I)cc(Br)c1OCc1ccccc1. The Morgan fingerprint density at radius 2 is 1.88 bits per heavy atom. The first-order valence-corrected chi connectivity index (χ1v) is 6.85. The molecule has 0 saturated carbocycles. The van der Waals surface area contributed by atoms with Gasteiger partial charge in [0.2, 0.25) is 0 Å². The number of hydrogen-bond donors (Lipinski definition) is 0. The van der Waals surface area contributed by atoms with E-state index in [4.69, 9.17) is 4.74 Å². The third-order valence-corrected chi connectivity index (χ3v) is 3.40. The van der Waals surface area contributed by atoms with Crippen LogP contribution in [0.4, 0.5) is 4.39 Å². The van der Waals surface area contributed by atoms with Gasteiger partial charge < -0.3 is 4.74 Å². The van der Waals surface area contributed by atoms with Crippen LogP contribution in [-0.2, 0) is 6.61 Å². The van der Waals surface area contributed by atoms with Crippen molar-refractivity contribution in [3.8, 4) is 5.75 Å². The molecule has 0 bridgehead atoms. The Morgan fingerprint density at radius 3 is 2.53 bits per heavy atom. The summed E-state index contributed by atoms with van der Waals surface area (Å²) in [7, 11) is 0. The van der Waals surface area contributed by atoms with Crippen LogP contribution in [0.15, 0.2) is 46.9 Å². The highest BCUT2D eigenvalue weighted by atomic mass is 127. The second-order valence-electron chi connectivity index (χ2n) is 3.47. The zero-order chi connectivity index (χ0) is 12.3. The normalized spacial score (nSPS) is 10.3. The van der Waals surface area contributed by atoms with Crippen molar-refractivity contribution < 1.29 is 9.13 Å². The van der Waals surface area contributed by atoms with Gasteiger partial charge in [0.15, 0.2) is 11.6 Å². The maximum Gasteiger partial charge on any atom is 0.169 e. The lowest BCUT2D eigenvalue weighted by molar-refractivity contribution is 0.288. The molecule has 0 aliphatic heterocycles. The Bertz CT molecular complexity index is 493. The van der Waals surface area contributed by atoms with E-state index in [1.807, 2.05) is 36.4 Å². The van der Waals surface area contributed by atoms with Gasteiger partial charge in [-0.15, -0.1) is 0 Å². The number of halogens is 3. The van der Waals surface area contributed by atoms with Gasteiger partial charge in [-0.1, -0.05) is 30.3 Å². The quantitative estimate of drug-likeness (QED) is 0.667. The van der Waals surface area contributed by atoms with Gasteiger partial charge in [0.1, 0.15) is 6.61 Å². The molecule has 88 valence electrons. The monoisotopic (exact) mass is 406 g/mol. The predicted octanol–water partition coefficient (Wildman–Crippen LogP) is 4.77. The van der Waals surface area contributed by atoms with Crippen molar-refractivity contribution in [1.29, 1.82) is 0 Å². The lowest BCUT2D eigenvalue weighted by Gasteiger charge is -2.09. The van der Waals surface area contributed by atoms with Gasteiger partial charge >= 0.3 is 0 Å². The molecule has 0 spiro atoms. The van der Waals surface area contributed by atoms with Crippen LogP contribution < -0.4 is 4.74 Å². The maximum absolute atomic E-state index is 13.7. The van der Waals surface area contributed by atoms with Crippen LogP contribution in [-0.4, -0.2) is 0 Å². The van der Waals surface area contributed by atoms with E-state index in [-0.39, 0.29) is 11.6 Å². The molecule has 2 aromatic carbocycles. The van der Waals surface area contributed by atoms with Crippen LogP contribution in [0.2, 0.25) is 0 Å². The highest BCUT2D eigenvalue weighted by Gasteiger charge is 2.09. The van der Waals surface area contributed by atoms with Gasteiger partial charge in [-0.25, -0.2) is 4.39 Å². The summed E-state index contributed by atoms with van der Waals surface area (Å²) >= 11 is 5.36. The number of rotatable bonds is 3. The molecular weight excluding hydrogens is 398 g/mol. The summed E-state index contributed by atoms with van der Waals surface area (Å²) in [6.45, 7) is 0.358. The van der Waals surface area contributed by atoms with Crippen molar-refractivity contribution in [2.45, 2.75) is 6.61 Å². The molecule has 0 amide bonds. The average Bonchev–Trinajstić information content (AvgIpc) is 2.29. The van der Waals surface area contributed by atoms with Crippen LogP contribution in [0.5, 0.6) is 5.75 Å². The molecule has 17 heavy (non-hydrogen) atoms. The van der Waals surface area contributed by atoms with Crippen LogP contribution >= 0.6 is 38.5 Å². The van der Waals surface area contributed by atoms with Crippen molar-refractivity contribution in [3.63, 3.8) is 0 Å². The third-order valence-electron chi connectivity index (χ3n) is 2.19. The molecular formula is C13H9BrFIO. The van der Waals surface area contributed by atoms with Gasteiger partial charge in [0.05, 0.1) is 4.47 Å². The molecule has 0 aromatic heterocycles. The van der Waals surface area contributed by atoms with Gasteiger partial charge in [-0.05, 0) is 56.2 Å². The zero-order valence-electron chi connectivity index (χ0n) is 8.79. The minimum Gasteiger partial charge on any atom is -0.485 e. The molecule has 0 atom stereocenters. The topological polar surface area (TPSA) is 9.23 Å². The molecule has 0 heterocycles. The summed E-state index contributed by atoms with van der Waals surface area (Å²) in [5.74, 6) is -0.0889. The van der Waals surface area contributed by atoms with Crippen LogP contribution in [0.1, 0.15) is 5.56 Å². The Hall–Kier alpha value is -0.620. The van der Waals surface area contributed by atoms with Gasteiger partial charge in [0.25, 0.3) is 0 Å². The molecule has 0 aliphatic rings. The molecule has 0 radical (unpaired) electrons. The van der Waals surface area contributed by atoms with Crippen molar-refractivity contribution in [2.75, 3.05) is 0 Å². The van der Waals surface area contributed by atoms with Gasteiger partial charge in [-0.3, -0.25) is 0 Å². The molecule has 4 heteroatoms. The zero-order valence-corrected chi connectivity index (χ0v) is 12.5. The molecule has 0 unspecified atom stereocenters. The largest absolute Gasteiger partial charge is 0.485 e. The van der Waals surface area contributed by atoms with E-state index in [9.17, 15) is 4.39 Å². The number of hydrogen-bond acceptors (Lipinski definition) is 1. The van der Waals surface area contributed by atoms with Crippen LogP contribution in [0, 0.1) is 9.39 Å². The third kappa shape index (κ3) is 3.42. The smallest absolute Gasteiger partial charge is 0.169 e. The molecule has 0 fully saturated rings. The average molecular weight is 407 g/mol. The van der Waals surface area contributed by atoms with Gasteiger partial charge in [0, 0.05) is 3.57 Å². The summed E-state index contributed by atoms with van der Waals surface area (Å²) in [5.41, 5.74) is 1.01. The Kier molecular flexibility index (Phi) is 4.39. The molecule has 0 N–H and O–H groups in total. The lowest BCUT2D eigenvalue weighted by atomic mass is 10.2. The van der Waals surface area contributed by atoms with E-state index in [1.165, 1.54) is 6.07 Å². The first-order valence-electron chi connectivity index (χ1n) is 4.98. The van der Waals surface area contributed by atoms with Gasteiger partial charge in [-0.2, -0.15) is 0 Å². The van der Waals surface area contributed by atoms with Crippen molar-refractivity contribution in [2.24, 2.45) is 0 Å². The van der Waals surface area contributed by atoms with Crippen molar-refractivity contribution in [3.05, 3.63) is 61.9 Å². The summed E-state index contributed by atoms with van der Waals surface area (Å²) in [6.07, 6.45) is 0. The maximum atomic E-state index is 13.7. The van der Waals surface area contributed by atoms with Crippen LogP contribution in [0.25, 0.3) is 0 Å². The Morgan fingerprint density at radius 1 is 1.18 bits per heavy atom. The summed E-state index contributed by atoms with van der Waals surface area (Å²) in [6, 6.07) is 13.0. The van der Waals surface area contributed by atoms with E-state index in [2.05, 4.69) is 38.5 Å². The Labute approximate surface area is 121 Å². The Balaban J connectivity index is 2.15.